The zero-order chi connectivity index (χ0) is 17.3. The molecule has 5 nitrogen and oxygen atoms in total. The Morgan fingerprint density at radius 2 is 2.09 bits per heavy atom. The molecular weight excluding hydrogens is 290 g/mol. The Morgan fingerprint density at radius 1 is 1.35 bits per heavy atom. The van der Waals surface area contributed by atoms with Crippen molar-refractivity contribution in [1.29, 1.82) is 0 Å². The minimum absolute atomic E-state index is 0.197. The second kappa shape index (κ2) is 10.1. The highest BCUT2D eigenvalue weighted by atomic mass is 16.6. The predicted molar refractivity (Wildman–Crippen MR) is 95.8 cm³/mol. The second-order valence-electron chi connectivity index (χ2n) is 7.57. The number of hydrogen-bond donors (Lipinski definition) is 1. The molecule has 1 amide bonds. The first kappa shape index (κ1) is 20.2. The molecule has 5 heteroatoms. The molecule has 0 bridgehead atoms. The lowest BCUT2D eigenvalue weighted by Gasteiger charge is -2.28. The largest absolute Gasteiger partial charge is 0.444 e. The van der Waals surface area contributed by atoms with E-state index < -0.39 is 5.60 Å². The molecule has 0 aromatic heterocycles. The summed E-state index contributed by atoms with van der Waals surface area (Å²) in [5.41, 5.74) is -0.423. The van der Waals surface area contributed by atoms with Gasteiger partial charge in [-0.25, -0.2) is 4.79 Å². The molecule has 1 aliphatic rings. The number of carbonyl (C=O) groups is 1. The molecule has 1 fully saturated rings. The monoisotopic (exact) mass is 327 g/mol. The summed E-state index contributed by atoms with van der Waals surface area (Å²) >= 11 is 0. The van der Waals surface area contributed by atoms with E-state index in [-0.39, 0.29) is 6.09 Å². The van der Waals surface area contributed by atoms with Gasteiger partial charge in [0, 0.05) is 26.2 Å². The first-order valence-corrected chi connectivity index (χ1v) is 9.26. The van der Waals surface area contributed by atoms with Gasteiger partial charge in [-0.2, -0.15) is 0 Å². The van der Waals surface area contributed by atoms with Crippen molar-refractivity contribution >= 4 is 6.09 Å². The van der Waals surface area contributed by atoms with E-state index in [9.17, 15) is 4.79 Å². The van der Waals surface area contributed by atoms with Gasteiger partial charge in [0.05, 0.1) is 0 Å². The average Bonchev–Trinajstić information content (AvgIpc) is 2.90. The number of hydrogen-bond acceptors (Lipinski definition) is 4. The Bertz CT molecular complexity index is 342. The molecule has 0 aliphatic carbocycles. The number of carbonyl (C=O) groups excluding carboxylic acids is 1. The van der Waals surface area contributed by atoms with Gasteiger partial charge in [-0.05, 0) is 66.1 Å². The molecule has 0 aromatic carbocycles. The smallest absolute Gasteiger partial charge is 0.410 e. The summed E-state index contributed by atoms with van der Waals surface area (Å²) in [6.07, 6.45) is 3.58. The first-order valence-electron chi connectivity index (χ1n) is 9.26. The number of likely N-dealkylation sites (N-methyl/N-ethyl adjacent to an activating group) is 1. The SMILES string of the molecule is CCCCNCC1CCN(CCN(CC)C(=O)OC(C)(C)C)C1. The predicted octanol–water partition coefficient (Wildman–Crippen LogP) is 2.96. The van der Waals surface area contributed by atoms with Gasteiger partial charge in [0.15, 0.2) is 0 Å². The summed E-state index contributed by atoms with van der Waals surface area (Å²) in [6, 6.07) is 0. The van der Waals surface area contributed by atoms with Crippen LogP contribution in [0.2, 0.25) is 0 Å². The van der Waals surface area contributed by atoms with Gasteiger partial charge in [0.2, 0.25) is 0 Å². The molecular formula is C18H37N3O2. The maximum atomic E-state index is 12.1. The van der Waals surface area contributed by atoms with Gasteiger partial charge in [0.1, 0.15) is 5.60 Å². The summed E-state index contributed by atoms with van der Waals surface area (Å²) in [5, 5.41) is 3.56. The van der Waals surface area contributed by atoms with Crippen molar-refractivity contribution in [3.05, 3.63) is 0 Å². The van der Waals surface area contributed by atoms with Crippen LogP contribution in [0.15, 0.2) is 0 Å². The highest BCUT2D eigenvalue weighted by Gasteiger charge is 2.24. The van der Waals surface area contributed by atoms with Crippen LogP contribution in [0.3, 0.4) is 0 Å². The quantitative estimate of drug-likeness (QED) is 0.661. The Balaban J connectivity index is 2.25. The minimum Gasteiger partial charge on any atom is -0.444 e. The zero-order valence-corrected chi connectivity index (χ0v) is 15.9. The number of unbranched alkanes of at least 4 members (excludes halogenated alkanes) is 1. The van der Waals surface area contributed by atoms with Crippen molar-refractivity contribution < 1.29 is 9.53 Å². The van der Waals surface area contributed by atoms with Crippen LogP contribution < -0.4 is 5.32 Å². The lowest BCUT2D eigenvalue weighted by molar-refractivity contribution is 0.0246. The lowest BCUT2D eigenvalue weighted by Crippen LogP contribution is -2.41. The van der Waals surface area contributed by atoms with Gasteiger partial charge in [-0.3, -0.25) is 0 Å². The van der Waals surface area contributed by atoms with Crippen LogP contribution in [-0.4, -0.2) is 67.3 Å². The van der Waals surface area contributed by atoms with Crippen LogP contribution >= 0.6 is 0 Å². The molecule has 136 valence electrons. The molecule has 1 rings (SSSR count). The number of amides is 1. The molecule has 1 N–H and O–H groups in total. The van der Waals surface area contributed by atoms with E-state index in [2.05, 4.69) is 17.1 Å². The van der Waals surface area contributed by atoms with Gasteiger partial charge in [-0.1, -0.05) is 13.3 Å². The first-order chi connectivity index (χ1) is 10.9. The molecule has 0 spiro atoms. The van der Waals surface area contributed by atoms with E-state index in [0.717, 1.165) is 45.2 Å². The lowest BCUT2D eigenvalue weighted by atomic mass is 10.1. The van der Waals surface area contributed by atoms with E-state index in [1.807, 2.05) is 27.7 Å². The van der Waals surface area contributed by atoms with Crippen molar-refractivity contribution in [2.75, 3.05) is 45.8 Å². The Labute approximate surface area is 142 Å². The topological polar surface area (TPSA) is 44.8 Å². The van der Waals surface area contributed by atoms with Crippen molar-refractivity contribution in [3.8, 4) is 0 Å². The van der Waals surface area contributed by atoms with E-state index >= 15 is 0 Å². The van der Waals surface area contributed by atoms with Crippen LogP contribution in [0.5, 0.6) is 0 Å². The van der Waals surface area contributed by atoms with E-state index in [4.69, 9.17) is 4.74 Å². The molecule has 23 heavy (non-hydrogen) atoms. The maximum Gasteiger partial charge on any atom is 0.410 e. The van der Waals surface area contributed by atoms with Crippen LogP contribution in [0.25, 0.3) is 0 Å². The molecule has 0 aromatic rings. The maximum absolute atomic E-state index is 12.1. The summed E-state index contributed by atoms with van der Waals surface area (Å²) < 4.78 is 5.46. The molecule has 0 radical (unpaired) electrons. The highest BCUT2D eigenvalue weighted by Crippen LogP contribution is 2.15. The second-order valence-corrected chi connectivity index (χ2v) is 7.57. The number of rotatable bonds is 9. The molecule has 0 saturated carbocycles. The van der Waals surface area contributed by atoms with Crippen molar-refractivity contribution in [2.45, 2.75) is 59.5 Å². The number of nitrogens with one attached hydrogen (secondary N) is 1. The summed E-state index contributed by atoms with van der Waals surface area (Å²) in [5.74, 6) is 0.753. The zero-order valence-electron chi connectivity index (χ0n) is 15.9. The molecule has 1 saturated heterocycles. The fraction of sp³-hybridized carbons (Fsp3) is 0.944. The fourth-order valence-electron chi connectivity index (χ4n) is 2.86. The third-order valence-corrected chi connectivity index (χ3v) is 4.23. The van der Waals surface area contributed by atoms with Crippen molar-refractivity contribution in [1.82, 2.24) is 15.1 Å². The minimum atomic E-state index is -0.423. The molecule has 1 heterocycles. The van der Waals surface area contributed by atoms with Crippen molar-refractivity contribution in [3.63, 3.8) is 0 Å². The normalized spacial score (nSPS) is 19.1. The van der Waals surface area contributed by atoms with Crippen LogP contribution in [0.1, 0.15) is 53.9 Å². The van der Waals surface area contributed by atoms with E-state index in [1.165, 1.54) is 19.3 Å². The third-order valence-electron chi connectivity index (χ3n) is 4.23. The van der Waals surface area contributed by atoms with E-state index in [0.29, 0.717) is 6.54 Å². The van der Waals surface area contributed by atoms with E-state index in [1.54, 1.807) is 4.90 Å². The highest BCUT2D eigenvalue weighted by molar-refractivity contribution is 5.68. The van der Waals surface area contributed by atoms with Crippen LogP contribution in [-0.2, 0) is 4.74 Å². The molecule has 1 unspecified atom stereocenters. The van der Waals surface area contributed by atoms with Gasteiger partial charge < -0.3 is 19.9 Å². The number of ether oxygens (including phenoxy) is 1. The van der Waals surface area contributed by atoms with Crippen LogP contribution in [0.4, 0.5) is 4.79 Å². The summed E-state index contributed by atoms with van der Waals surface area (Å²) in [7, 11) is 0. The fourth-order valence-corrected chi connectivity index (χ4v) is 2.86. The van der Waals surface area contributed by atoms with Gasteiger partial charge in [0.25, 0.3) is 0 Å². The molecule has 1 atom stereocenters. The van der Waals surface area contributed by atoms with Crippen molar-refractivity contribution in [2.24, 2.45) is 5.92 Å². The van der Waals surface area contributed by atoms with Gasteiger partial charge in [-0.15, -0.1) is 0 Å². The summed E-state index contributed by atoms with van der Waals surface area (Å²) in [4.78, 5) is 16.4. The Kier molecular flexibility index (Phi) is 8.92. The number of likely N-dealkylation sites (tertiary alicyclic amines) is 1. The molecule has 1 aliphatic heterocycles. The Hall–Kier alpha value is -0.810. The summed E-state index contributed by atoms with van der Waals surface area (Å²) in [6.45, 7) is 16.9. The van der Waals surface area contributed by atoms with Gasteiger partial charge >= 0.3 is 6.09 Å². The van der Waals surface area contributed by atoms with Crippen LogP contribution in [0, 0.1) is 5.92 Å². The average molecular weight is 328 g/mol. The third kappa shape index (κ3) is 8.56. The number of nitrogens with zero attached hydrogens (tertiary/aromatic N) is 2. The Morgan fingerprint density at radius 3 is 2.70 bits per heavy atom. The standard InChI is InChI=1S/C18H37N3O2/c1-6-8-10-19-14-16-9-11-20(15-16)12-13-21(7-2)17(22)23-18(3,4)5/h16,19H,6-15H2,1-5H3.